The van der Waals surface area contributed by atoms with Crippen molar-refractivity contribution in [1.82, 2.24) is 0 Å². The van der Waals surface area contributed by atoms with Gasteiger partial charge < -0.3 is 10.2 Å². The van der Waals surface area contributed by atoms with E-state index in [2.05, 4.69) is 13.8 Å². The van der Waals surface area contributed by atoms with Crippen LogP contribution in [0.4, 0.5) is 0 Å². The lowest BCUT2D eigenvalue weighted by molar-refractivity contribution is -0.208. The zero-order valence-electron chi connectivity index (χ0n) is 17.0. The first-order chi connectivity index (χ1) is 12.8. The van der Waals surface area contributed by atoms with Crippen molar-refractivity contribution in [3.8, 4) is 0 Å². The molecule has 0 amide bonds. The molecule has 8 atom stereocenters. The molecule has 0 aromatic rings. The zero-order chi connectivity index (χ0) is 19.0. The highest BCUT2D eigenvalue weighted by molar-refractivity contribution is 5.93. The molecular weight excluding hydrogens is 336 g/mol. The fraction of sp³-hybridized carbons (Fsp3) is 0.875. The van der Waals surface area contributed by atoms with Gasteiger partial charge in [-0.25, -0.2) is 0 Å². The van der Waals surface area contributed by atoms with Crippen molar-refractivity contribution < 1.29 is 15.0 Å². The Morgan fingerprint density at radius 2 is 1.78 bits per heavy atom. The Morgan fingerprint density at radius 1 is 0.963 bits per heavy atom. The predicted molar refractivity (Wildman–Crippen MR) is 105 cm³/mol. The van der Waals surface area contributed by atoms with Gasteiger partial charge in [0.05, 0.1) is 11.7 Å². The molecule has 0 saturated heterocycles. The number of rotatable bonds is 1. The van der Waals surface area contributed by atoms with Crippen LogP contribution in [0, 0.1) is 34.5 Å². The number of carbonyl (C=O) groups excluding carboxylic acids is 1. The van der Waals surface area contributed by atoms with Crippen LogP contribution < -0.4 is 0 Å². The third-order valence-corrected chi connectivity index (χ3v) is 10.3. The van der Waals surface area contributed by atoms with Crippen molar-refractivity contribution in [2.45, 2.75) is 96.2 Å². The van der Waals surface area contributed by atoms with Crippen LogP contribution in [-0.4, -0.2) is 27.7 Å². The lowest BCUT2D eigenvalue weighted by Gasteiger charge is -2.63. The van der Waals surface area contributed by atoms with Crippen LogP contribution in [-0.2, 0) is 4.79 Å². The maximum absolute atomic E-state index is 12.2. The molecule has 27 heavy (non-hydrogen) atoms. The van der Waals surface area contributed by atoms with E-state index in [4.69, 9.17) is 0 Å². The number of allylic oxidation sites excluding steroid dienone is 2. The summed E-state index contributed by atoms with van der Waals surface area (Å²) in [6.07, 6.45) is 13.0. The standard InChI is InChI=1S/C24H36O3/c1-22-10-7-18(26)14-16(22)4-6-21-20(22)8-11-23(2)19(9-12-24(21,23)27)15-3-5-17(25)13-15/h13,16,18-21,26-27H,3-12,14H2,1-2H3. The second-order valence-corrected chi connectivity index (χ2v) is 11.1. The van der Waals surface area contributed by atoms with Crippen LogP contribution in [0.3, 0.4) is 0 Å². The lowest BCUT2D eigenvalue weighted by atomic mass is 9.43. The summed E-state index contributed by atoms with van der Waals surface area (Å²) in [5, 5.41) is 22.4. The van der Waals surface area contributed by atoms with Crippen LogP contribution in [0.1, 0.15) is 84.5 Å². The van der Waals surface area contributed by atoms with E-state index in [1.165, 1.54) is 18.4 Å². The molecule has 0 aromatic heterocycles. The van der Waals surface area contributed by atoms with Gasteiger partial charge in [-0.3, -0.25) is 4.79 Å². The lowest BCUT2D eigenvalue weighted by Crippen LogP contribution is -2.62. The van der Waals surface area contributed by atoms with Gasteiger partial charge >= 0.3 is 0 Å². The molecule has 2 N–H and O–H groups in total. The molecule has 0 heterocycles. The van der Waals surface area contributed by atoms with Gasteiger partial charge in [0, 0.05) is 11.8 Å². The summed E-state index contributed by atoms with van der Waals surface area (Å²) in [7, 11) is 0. The molecule has 8 unspecified atom stereocenters. The molecule has 5 aliphatic rings. The minimum atomic E-state index is -0.572. The van der Waals surface area contributed by atoms with E-state index in [1.54, 1.807) is 0 Å². The first-order valence-electron chi connectivity index (χ1n) is 11.4. The Kier molecular flexibility index (Phi) is 4.03. The molecule has 150 valence electrons. The molecular formula is C24H36O3. The second-order valence-electron chi connectivity index (χ2n) is 11.1. The number of fused-ring (bicyclic) bond motifs is 5. The Balaban J connectivity index is 1.47. The van der Waals surface area contributed by atoms with Crippen molar-refractivity contribution in [2.24, 2.45) is 34.5 Å². The molecule has 0 spiro atoms. The van der Waals surface area contributed by atoms with Gasteiger partial charge in [0.25, 0.3) is 0 Å². The molecule has 0 aromatic carbocycles. The first-order valence-corrected chi connectivity index (χ1v) is 11.4. The SMILES string of the molecule is CC12CCC(O)CC1CCC1C2CCC2(C)C(C3=CC(=O)CC3)CCC12O. The summed E-state index contributed by atoms with van der Waals surface area (Å²) in [4.78, 5) is 11.8. The quantitative estimate of drug-likeness (QED) is 0.717. The summed E-state index contributed by atoms with van der Waals surface area (Å²) in [6.45, 7) is 4.81. The van der Waals surface area contributed by atoms with Crippen LogP contribution >= 0.6 is 0 Å². The van der Waals surface area contributed by atoms with E-state index in [-0.39, 0.29) is 17.3 Å². The summed E-state index contributed by atoms with van der Waals surface area (Å²) in [5.74, 6) is 2.30. The number of hydrogen-bond acceptors (Lipinski definition) is 3. The fourth-order valence-corrected chi connectivity index (χ4v) is 8.69. The molecule has 3 heteroatoms. The molecule has 5 aliphatic carbocycles. The number of aliphatic hydroxyl groups is 2. The molecule has 0 bridgehead atoms. The highest BCUT2D eigenvalue weighted by atomic mass is 16.3. The smallest absolute Gasteiger partial charge is 0.155 e. The Labute approximate surface area is 163 Å². The van der Waals surface area contributed by atoms with Gasteiger partial charge in [0.1, 0.15) is 0 Å². The van der Waals surface area contributed by atoms with Gasteiger partial charge in [-0.2, -0.15) is 0 Å². The van der Waals surface area contributed by atoms with E-state index in [0.717, 1.165) is 51.4 Å². The van der Waals surface area contributed by atoms with E-state index in [0.29, 0.717) is 35.5 Å². The Morgan fingerprint density at radius 3 is 2.52 bits per heavy atom. The highest BCUT2D eigenvalue weighted by Crippen LogP contribution is 2.70. The highest BCUT2D eigenvalue weighted by Gasteiger charge is 2.67. The molecule has 5 rings (SSSR count). The minimum Gasteiger partial charge on any atom is -0.393 e. The largest absolute Gasteiger partial charge is 0.393 e. The number of carbonyl (C=O) groups is 1. The molecule has 0 radical (unpaired) electrons. The summed E-state index contributed by atoms with van der Waals surface area (Å²) < 4.78 is 0. The summed E-state index contributed by atoms with van der Waals surface area (Å²) in [6, 6.07) is 0. The molecule has 3 nitrogen and oxygen atoms in total. The molecule has 0 aliphatic heterocycles. The van der Waals surface area contributed by atoms with E-state index < -0.39 is 5.60 Å². The average molecular weight is 373 g/mol. The third-order valence-electron chi connectivity index (χ3n) is 10.3. The van der Waals surface area contributed by atoms with Crippen LogP contribution in [0.15, 0.2) is 11.6 Å². The van der Waals surface area contributed by atoms with Crippen molar-refractivity contribution >= 4 is 5.78 Å². The molecule has 4 fully saturated rings. The van der Waals surface area contributed by atoms with Gasteiger partial charge in [-0.15, -0.1) is 0 Å². The van der Waals surface area contributed by atoms with Gasteiger partial charge in [-0.05, 0) is 99.4 Å². The molecule has 4 saturated carbocycles. The Bertz CT molecular complexity index is 683. The van der Waals surface area contributed by atoms with Crippen LogP contribution in [0.5, 0.6) is 0 Å². The predicted octanol–water partition coefficient (Wildman–Crippen LogP) is 4.41. The van der Waals surface area contributed by atoms with Crippen LogP contribution in [0.25, 0.3) is 0 Å². The topological polar surface area (TPSA) is 57.5 Å². The number of hydrogen-bond donors (Lipinski definition) is 2. The average Bonchev–Trinajstić information content (AvgIpc) is 3.16. The maximum atomic E-state index is 12.2. The second kappa shape index (κ2) is 5.92. The van der Waals surface area contributed by atoms with E-state index >= 15 is 0 Å². The van der Waals surface area contributed by atoms with Crippen molar-refractivity contribution in [1.29, 1.82) is 0 Å². The first kappa shape index (κ1) is 18.4. The summed E-state index contributed by atoms with van der Waals surface area (Å²) in [5.41, 5.74) is 0.983. The normalized spacial score (nSPS) is 54.9. The summed E-state index contributed by atoms with van der Waals surface area (Å²) >= 11 is 0. The van der Waals surface area contributed by atoms with E-state index in [1.807, 2.05) is 6.08 Å². The van der Waals surface area contributed by atoms with Crippen molar-refractivity contribution in [3.63, 3.8) is 0 Å². The third kappa shape index (κ3) is 2.37. The Hall–Kier alpha value is -0.670. The number of ketones is 1. The van der Waals surface area contributed by atoms with Gasteiger partial charge in [0.2, 0.25) is 0 Å². The monoisotopic (exact) mass is 372 g/mol. The fourth-order valence-electron chi connectivity index (χ4n) is 8.69. The zero-order valence-corrected chi connectivity index (χ0v) is 17.0. The van der Waals surface area contributed by atoms with Crippen LogP contribution in [0.2, 0.25) is 0 Å². The minimum absolute atomic E-state index is 0.0675. The maximum Gasteiger partial charge on any atom is 0.155 e. The van der Waals surface area contributed by atoms with Crippen molar-refractivity contribution in [2.75, 3.05) is 0 Å². The number of aliphatic hydroxyl groups excluding tert-OH is 1. The van der Waals surface area contributed by atoms with Gasteiger partial charge in [0.15, 0.2) is 5.78 Å². The van der Waals surface area contributed by atoms with Gasteiger partial charge in [-0.1, -0.05) is 19.4 Å². The van der Waals surface area contributed by atoms with E-state index in [9.17, 15) is 15.0 Å². The van der Waals surface area contributed by atoms with Crippen molar-refractivity contribution in [3.05, 3.63) is 11.6 Å².